The normalized spacial score (nSPS) is 44.2. The Labute approximate surface area is 81.2 Å². The summed E-state index contributed by atoms with van der Waals surface area (Å²) in [6.45, 7) is 1.54. The fraction of sp³-hybridized carbons (Fsp3) is 0.600. The zero-order chi connectivity index (χ0) is 10.5. The molecule has 2 unspecified atom stereocenters. The number of hydrogen-bond donors (Lipinski definition) is 2. The fourth-order valence-corrected chi connectivity index (χ4v) is 2.83. The summed E-state index contributed by atoms with van der Waals surface area (Å²) in [5, 5.41) is 18.1. The number of carbonyl (C=O) groups is 2. The molecular formula is C10H12O4. The van der Waals surface area contributed by atoms with Crippen molar-refractivity contribution in [2.24, 2.45) is 23.2 Å². The standard InChI is InChI=1S/C10H12O4/c1-10(9(13)14)6-3-2-5(4-6)7(10)8(11)12/h2-3,5-7H,4H2,1H3,(H,11,12)(H,13,14)/t5-,6+,7?,10?/m0/s1. The lowest BCUT2D eigenvalue weighted by atomic mass is 9.70. The van der Waals surface area contributed by atoms with E-state index in [9.17, 15) is 9.59 Å². The molecule has 0 aromatic rings. The Balaban J connectivity index is 2.45. The molecule has 1 saturated carbocycles. The first-order chi connectivity index (χ1) is 6.48. The van der Waals surface area contributed by atoms with Crippen LogP contribution in [0, 0.1) is 23.2 Å². The first-order valence-corrected chi connectivity index (χ1v) is 4.62. The van der Waals surface area contributed by atoms with Gasteiger partial charge >= 0.3 is 11.9 Å². The number of aliphatic carboxylic acids is 2. The van der Waals surface area contributed by atoms with Crippen LogP contribution in [0.15, 0.2) is 12.2 Å². The van der Waals surface area contributed by atoms with Crippen molar-refractivity contribution >= 4 is 11.9 Å². The molecule has 2 rings (SSSR count). The maximum atomic E-state index is 11.1. The van der Waals surface area contributed by atoms with Crippen LogP contribution >= 0.6 is 0 Å². The van der Waals surface area contributed by atoms with Gasteiger partial charge in [-0.1, -0.05) is 12.2 Å². The van der Waals surface area contributed by atoms with Gasteiger partial charge in [0.1, 0.15) is 0 Å². The molecule has 0 radical (unpaired) electrons. The predicted octanol–water partition coefficient (Wildman–Crippen LogP) is 0.984. The Hall–Kier alpha value is -1.32. The fourth-order valence-electron chi connectivity index (χ4n) is 2.83. The van der Waals surface area contributed by atoms with Crippen LogP contribution in [0.1, 0.15) is 13.3 Å². The van der Waals surface area contributed by atoms with E-state index in [1.807, 2.05) is 12.2 Å². The summed E-state index contributed by atoms with van der Waals surface area (Å²) in [5.41, 5.74) is -1.12. The molecule has 4 nitrogen and oxygen atoms in total. The average Bonchev–Trinajstić information content (AvgIpc) is 2.61. The largest absolute Gasteiger partial charge is 0.481 e. The van der Waals surface area contributed by atoms with Crippen LogP contribution in [-0.4, -0.2) is 22.2 Å². The Morgan fingerprint density at radius 1 is 1.36 bits per heavy atom. The van der Waals surface area contributed by atoms with Crippen LogP contribution in [0.5, 0.6) is 0 Å². The number of fused-ring (bicyclic) bond motifs is 2. The molecule has 0 amide bonds. The van der Waals surface area contributed by atoms with Gasteiger partial charge in [-0.25, -0.2) is 0 Å². The van der Waals surface area contributed by atoms with Gasteiger partial charge in [-0.2, -0.15) is 0 Å². The monoisotopic (exact) mass is 196 g/mol. The molecule has 0 aromatic carbocycles. The molecule has 0 heterocycles. The topological polar surface area (TPSA) is 74.6 Å². The lowest BCUT2D eigenvalue weighted by Crippen LogP contribution is -2.43. The molecule has 0 aliphatic heterocycles. The van der Waals surface area contributed by atoms with Gasteiger partial charge in [0.15, 0.2) is 0 Å². The SMILES string of the molecule is CC1(C(=O)O)C(C(=O)O)[C@H]2C=C[C@@H]1C2. The highest BCUT2D eigenvalue weighted by Crippen LogP contribution is 2.56. The van der Waals surface area contributed by atoms with Gasteiger partial charge in [-0.15, -0.1) is 0 Å². The van der Waals surface area contributed by atoms with Crippen molar-refractivity contribution in [3.05, 3.63) is 12.2 Å². The first kappa shape index (κ1) is 9.24. The number of carboxylic acid groups (broad SMARTS) is 2. The summed E-state index contributed by atoms with van der Waals surface area (Å²) in [6.07, 6.45) is 4.35. The van der Waals surface area contributed by atoms with E-state index >= 15 is 0 Å². The third-order valence-corrected chi connectivity index (χ3v) is 3.69. The van der Waals surface area contributed by atoms with Crippen LogP contribution < -0.4 is 0 Å². The van der Waals surface area contributed by atoms with E-state index in [1.165, 1.54) is 0 Å². The summed E-state index contributed by atoms with van der Waals surface area (Å²) >= 11 is 0. The highest BCUT2D eigenvalue weighted by molar-refractivity contribution is 5.85. The minimum Gasteiger partial charge on any atom is -0.481 e. The van der Waals surface area contributed by atoms with E-state index in [-0.39, 0.29) is 11.8 Å². The van der Waals surface area contributed by atoms with Crippen LogP contribution in [0.4, 0.5) is 0 Å². The number of allylic oxidation sites excluding steroid dienone is 2. The minimum absolute atomic E-state index is 0.0985. The second kappa shape index (κ2) is 2.59. The second-order valence-electron chi connectivity index (χ2n) is 4.29. The van der Waals surface area contributed by atoms with E-state index in [0.29, 0.717) is 6.42 Å². The van der Waals surface area contributed by atoms with Gasteiger partial charge in [0.2, 0.25) is 0 Å². The Kier molecular flexibility index (Phi) is 1.71. The zero-order valence-corrected chi connectivity index (χ0v) is 7.80. The lowest BCUT2D eigenvalue weighted by molar-refractivity contribution is -0.162. The van der Waals surface area contributed by atoms with Crippen LogP contribution in [0.25, 0.3) is 0 Å². The molecule has 14 heavy (non-hydrogen) atoms. The summed E-state index contributed by atoms with van der Waals surface area (Å²) in [7, 11) is 0. The van der Waals surface area contributed by atoms with Gasteiger partial charge in [0.25, 0.3) is 0 Å². The van der Waals surface area contributed by atoms with Crippen molar-refractivity contribution < 1.29 is 19.8 Å². The number of hydrogen-bond acceptors (Lipinski definition) is 2. The van der Waals surface area contributed by atoms with Gasteiger partial charge in [0, 0.05) is 0 Å². The maximum Gasteiger partial charge on any atom is 0.310 e. The molecule has 4 heteroatoms. The molecule has 2 aliphatic carbocycles. The number of rotatable bonds is 2. The molecule has 2 bridgehead atoms. The van der Waals surface area contributed by atoms with E-state index in [0.717, 1.165) is 0 Å². The highest BCUT2D eigenvalue weighted by atomic mass is 16.4. The molecule has 76 valence electrons. The first-order valence-electron chi connectivity index (χ1n) is 4.62. The quantitative estimate of drug-likeness (QED) is 0.646. The highest BCUT2D eigenvalue weighted by Gasteiger charge is 2.60. The van der Waals surface area contributed by atoms with Crippen molar-refractivity contribution in [3.63, 3.8) is 0 Å². The Morgan fingerprint density at radius 2 is 2.00 bits per heavy atom. The lowest BCUT2D eigenvalue weighted by Gasteiger charge is -2.31. The molecule has 0 spiro atoms. The summed E-state index contributed by atoms with van der Waals surface area (Å²) in [6, 6.07) is 0. The van der Waals surface area contributed by atoms with Crippen LogP contribution in [-0.2, 0) is 9.59 Å². The Bertz CT molecular complexity index is 333. The zero-order valence-electron chi connectivity index (χ0n) is 7.80. The van der Waals surface area contributed by atoms with Crippen LogP contribution in [0.3, 0.4) is 0 Å². The molecule has 2 N–H and O–H groups in total. The van der Waals surface area contributed by atoms with Crippen molar-refractivity contribution in [1.29, 1.82) is 0 Å². The van der Waals surface area contributed by atoms with Crippen molar-refractivity contribution in [2.75, 3.05) is 0 Å². The molecule has 1 fully saturated rings. The summed E-state index contributed by atoms with van der Waals surface area (Å²) in [4.78, 5) is 22.1. The Morgan fingerprint density at radius 3 is 2.43 bits per heavy atom. The van der Waals surface area contributed by atoms with E-state index in [2.05, 4.69) is 0 Å². The average molecular weight is 196 g/mol. The summed E-state index contributed by atoms with van der Waals surface area (Å²) < 4.78 is 0. The van der Waals surface area contributed by atoms with Crippen molar-refractivity contribution in [1.82, 2.24) is 0 Å². The van der Waals surface area contributed by atoms with Crippen molar-refractivity contribution in [2.45, 2.75) is 13.3 Å². The second-order valence-corrected chi connectivity index (χ2v) is 4.29. The third kappa shape index (κ3) is 0.882. The smallest absolute Gasteiger partial charge is 0.310 e. The number of carboxylic acids is 2. The summed E-state index contributed by atoms with van der Waals surface area (Å²) in [5.74, 6) is -2.98. The van der Waals surface area contributed by atoms with E-state index < -0.39 is 23.3 Å². The van der Waals surface area contributed by atoms with E-state index in [1.54, 1.807) is 6.92 Å². The van der Waals surface area contributed by atoms with Crippen molar-refractivity contribution in [3.8, 4) is 0 Å². The van der Waals surface area contributed by atoms with E-state index in [4.69, 9.17) is 10.2 Å². The van der Waals surface area contributed by atoms with Crippen LogP contribution in [0.2, 0.25) is 0 Å². The van der Waals surface area contributed by atoms with Gasteiger partial charge < -0.3 is 10.2 Å². The van der Waals surface area contributed by atoms with Gasteiger partial charge in [-0.3, -0.25) is 9.59 Å². The maximum absolute atomic E-state index is 11.1. The molecular weight excluding hydrogens is 184 g/mol. The molecule has 0 aromatic heterocycles. The van der Waals surface area contributed by atoms with Gasteiger partial charge in [0.05, 0.1) is 11.3 Å². The minimum atomic E-state index is -1.12. The molecule has 0 saturated heterocycles. The predicted molar refractivity (Wildman–Crippen MR) is 47.6 cm³/mol. The van der Waals surface area contributed by atoms with Gasteiger partial charge in [-0.05, 0) is 25.2 Å². The third-order valence-electron chi connectivity index (χ3n) is 3.69. The molecule has 4 atom stereocenters. The molecule has 2 aliphatic rings.